The van der Waals surface area contributed by atoms with Crippen molar-refractivity contribution >= 4 is 63.0 Å². The van der Waals surface area contributed by atoms with Gasteiger partial charge in [0.15, 0.2) is 0 Å². The third-order valence-corrected chi connectivity index (χ3v) is 5.02. The van der Waals surface area contributed by atoms with E-state index in [9.17, 15) is 18.0 Å². The number of halogens is 5. The standard InChI is InChI=1S/C19H18F3I2N3O2/c1-11(2)29-18-15(23)6-12(7-16(18)24)9-26-27-17(28)10-25-14-5-3-4-13(8-14)19(20,21)22/h3-9,11,25H,10H2,1-2H3,(H,27,28)/b26-9-. The lowest BCUT2D eigenvalue weighted by molar-refractivity contribution is -0.137. The molecule has 29 heavy (non-hydrogen) atoms. The first-order valence-corrected chi connectivity index (χ1v) is 10.6. The van der Waals surface area contributed by atoms with E-state index in [-0.39, 0.29) is 18.3 Å². The number of nitrogens with zero attached hydrogens (tertiary/aromatic N) is 1. The van der Waals surface area contributed by atoms with Crippen LogP contribution in [0.2, 0.25) is 0 Å². The van der Waals surface area contributed by atoms with Crippen LogP contribution in [0.25, 0.3) is 0 Å². The van der Waals surface area contributed by atoms with Crippen molar-refractivity contribution in [2.24, 2.45) is 5.10 Å². The molecule has 0 aliphatic heterocycles. The zero-order valence-corrected chi connectivity index (χ0v) is 19.8. The Kier molecular flexibility index (Phi) is 8.55. The molecule has 0 aromatic heterocycles. The molecule has 0 unspecified atom stereocenters. The second kappa shape index (κ2) is 10.5. The number of benzene rings is 2. The lowest BCUT2D eigenvalue weighted by Gasteiger charge is -2.14. The third-order valence-electron chi connectivity index (χ3n) is 3.42. The maximum atomic E-state index is 12.7. The zero-order chi connectivity index (χ0) is 21.6. The first-order chi connectivity index (χ1) is 13.6. The van der Waals surface area contributed by atoms with Gasteiger partial charge in [0, 0.05) is 5.69 Å². The molecule has 1 amide bonds. The predicted molar refractivity (Wildman–Crippen MR) is 123 cm³/mol. The van der Waals surface area contributed by atoms with E-state index in [4.69, 9.17) is 4.74 Å². The molecule has 2 N–H and O–H groups in total. The highest BCUT2D eigenvalue weighted by molar-refractivity contribution is 14.1. The fraction of sp³-hybridized carbons (Fsp3) is 0.263. The molecule has 0 atom stereocenters. The van der Waals surface area contributed by atoms with Gasteiger partial charge in [-0.05, 0) is 94.9 Å². The number of carbonyl (C=O) groups excluding carboxylic acids is 1. The first kappa shape index (κ1) is 23.7. The van der Waals surface area contributed by atoms with Gasteiger partial charge in [-0.2, -0.15) is 18.3 Å². The molecule has 0 fully saturated rings. The fourth-order valence-corrected chi connectivity index (χ4v) is 4.28. The molecule has 156 valence electrons. The number of carbonyl (C=O) groups is 1. The number of hydrogen-bond acceptors (Lipinski definition) is 4. The van der Waals surface area contributed by atoms with E-state index in [1.807, 2.05) is 26.0 Å². The Hall–Kier alpha value is -1.57. The summed E-state index contributed by atoms with van der Waals surface area (Å²) in [6, 6.07) is 8.39. The highest BCUT2D eigenvalue weighted by atomic mass is 127. The molecular formula is C19H18F3I2N3O2. The molecule has 10 heteroatoms. The zero-order valence-electron chi connectivity index (χ0n) is 15.5. The number of anilines is 1. The summed E-state index contributed by atoms with van der Waals surface area (Å²) < 4.78 is 45.7. The molecule has 5 nitrogen and oxygen atoms in total. The monoisotopic (exact) mass is 631 g/mol. The Bertz CT molecular complexity index is 880. The predicted octanol–water partition coefficient (Wildman–Crippen LogP) is 5.26. The Morgan fingerprint density at radius 2 is 1.86 bits per heavy atom. The van der Waals surface area contributed by atoms with Crippen LogP contribution in [-0.2, 0) is 11.0 Å². The number of amides is 1. The van der Waals surface area contributed by atoms with Crippen LogP contribution in [0.3, 0.4) is 0 Å². The quantitative estimate of drug-likeness (QED) is 0.249. The molecule has 0 saturated carbocycles. The molecule has 0 saturated heterocycles. The van der Waals surface area contributed by atoms with Crippen molar-refractivity contribution in [1.29, 1.82) is 0 Å². The van der Waals surface area contributed by atoms with Crippen molar-refractivity contribution < 1.29 is 22.7 Å². The topological polar surface area (TPSA) is 62.7 Å². The fourth-order valence-electron chi connectivity index (χ4n) is 2.21. The lowest BCUT2D eigenvalue weighted by Crippen LogP contribution is -2.26. The van der Waals surface area contributed by atoms with Gasteiger partial charge >= 0.3 is 6.18 Å². The number of hydrogen-bond donors (Lipinski definition) is 2. The smallest absolute Gasteiger partial charge is 0.416 e. The van der Waals surface area contributed by atoms with Gasteiger partial charge in [-0.15, -0.1) is 0 Å². The van der Waals surface area contributed by atoms with Gasteiger partial charge in [-0.3, -0.25) is 4.79 Å². The number of ether oxygens (including phenoxy) is 1. The van der Waals surface area contributed by atoms with Gasteiger partial charge in [0.2, 0.25) is 0 Å². The van der Waals surface area contributed by atoms with Crippen LogP contribution in [0.1, 0.15) is 25.0 Å². The van der Waals surface area contributed by atoms with E-state index < -0.39 is 17.6 Å². The molecular weight excluding hydrogens is 613 g/mol. The first-order valence-electron chi connectivity index (χ1n) is 8.45. The second-order valence-electron chi connectivity index (χ2n) is 6.21. The normalized spacial score (nSPS) is 11.7. The minimum absolute atomic E-state index is 0.0557. The van der Waals surface area contributed by atoms with Gasteiger partial charge < -0.3 is 10.1 Å². The Labute approximate surface area is 193 Å². The molecule has 0 aliphatic rings. The molecule has 0 bridgehead atoms. The van der Waals surface area contributed by atoms with Gasteiger partial charge in [0.05, 0.1) is 31.6 Å². The van der Waals surface area contributed by atoms with Crippen LogP contribution >= 0.6 is 45.2 Å². The summed E-state index contributed by atoms with van der Waals surface area (Å²) in [6.07, 6.45) is -2.89. The van der Waals surface area contributed by atoms with Crippen molar-refractivity contribution in [1.82, 2.24) is 5.43 Å². The Morgan fingerprint density at radius 3 is 2.45 bits per heavy atom. The minimum Gasteiger partial charge on any atom is -0.489 e. The average molecular weight is 631 g/mol. The van der Waals surface area contributed by atoms with E-state index in [1.54, 1.807) is 0 Å². The summed E-state index contributed by atoms with van der Waals surface area (Å²) in [5.41, 5.74) is 2.54. The maximum Gasteiger partial charge on any atom is 0.416 e. The summed E-state index contributed by atoms with van der Waals surface area (Å²) in [6.45, 7) is 3.68. The number of nitrogens with one attached hydrogen (secondary N) is 2. The summed E-state index contributed by atoms with van der Waals surface area (Å²) in [4.78, 5) is 11.9. The molecule has 2 aromatic rings. The van der Waals surface area contributed by atoms with Crippen LogP contribution in [0, 0.1) is 7.14 Å². The largest absolute Gasteiger partial charge is 0.489 e. The van der Waals surface area contributed by atoms with Crippen LogP contribution in [-0.4, -0.2) is 24.8 Å². The Morgan fingerprint density at radius 1 is 1.21 bits per heavy atom. The van der Waals surface area contributed by atoms with E-state index in [1.165, 1.54) is 18.3 Å². The van der Waals surface area contributed by atoms with Crippen molar-refractivity contribution in [2.75, 3.05) is 11.9 Å². The van der Waals surface area contributed by atoms with Gasteiger partial charge in [-0.1, -0.05) is 6.07 Å². The van der Waals surface area contributed by atoms with Crippen molar-refractivity contribution in [3.63, 3.8) is 0 Å². The average Bonchev–Trinajstić information content (AvgIpc) is 2.62. The van der Waals surface area contributed by atoms with E-state index in [0.717, 1.165) is 30.6 Å². The summed E-state index contributed by atoms with van der Waals surface area (Å²) >= 11 is 4.34. The molecule has 0 spiro atoms. The van der Waals surface area contributed by atoms with Crippen LogP contribution in [0.4, 0.5) is 18.9 Å². The minimum atomic E-state index is -4.44. The van der Waals surface area contributed by atoms with Crippen LogP contribution in [0.15, 0.2) is 41.5 Å². The molecule has 2 aromatic carbocycles. The van der Waals surface area contributed by atoms with Crippen molar-refractivity contribution in [2.45, 2.75) is 26.1 Å². The van der Waals surface area contributed by atoms with Crippen LogP contribution in [0.5, 0.6) is 5.75 Å². The second-order valence-corrected chi connectivity index (χ2v) is 8.53. The van der Waals surface area contributed by atoms with E-state index in [2.05, 4.69) is 61.0 Å². The van der Waals surface area contributed by atoms with Gasteiger partial charge in [0.1, 0.15) is 5.75 Å². The highest BCUT2D eigenvalue weighted by Crippen LogP contribution is 2.31. The summed E-state index contributed by atoms with van der Waals surface area (Å²) in [7, 11) is 0. The van der Waals surface area contributed by atoms with Crippen molar-refractivity contribution in [3.8, 4) is 5.75 Å². The van der Waals surface area contributed by atoms with E-state index in [0.29, 0.717) is 0 Å². The lowest BCUT2D eigenvalue weighted by atomic mass is 10.2. The van der Waals surface area contributed by atoms with Gasteiger partial charge in [-0.25, -0.2) is 5.43 Å². The number of hydrazone groups is 1. The molecule has 0 heterocycles. The van der Waals surface area contributed by atoms with Gasteiger partial charge in [0.25, 0.3) is 5.91 Å². The maximum absolute atomic E-state index is 12.7. The number of alkyl halides is 3. The van der Waals surface area contributed by atoms with E-state index >= 15 is 0 Å². The summed E-state index contributed by atoms with van der Waals surface area (Å²) in [5.74, 6) is 0.315. The van der Waals surface area contributed by atoms with Crippen molar-refractivity contribution in [3.05, 3.63) is 54.7 Å². The summed E-state index contributed by atoms with van der Waals surface area (Å²) in [5, 5.41) is 6.54. The Balaban J connectivity index is 1.92. The SMILES string of the molecule is CC(C)Oc1c(I)cc(/C=N\NC(=O)CNc2cccc(C(F)(F)F)c2)cc1I. The highest BCUT2D eigenvalue weighted by Gasteiger charge is 2.30. The third kappa shape index (κ3) is 7.64. The van der Waals surface area contributed by atoms with Crippen LogP contribution < -0.4 is 15.5 Å². The number of rotatable bonds is 7. The molecule has 0 radical (unpaired) electrons. The molecule has 0 aliphatic carbocycles. The molecule has 2 rings (SSSR count).